The molecule has 0 spiro atoms. The fourth-order valence-corrected chi connectivity index (χ4v) is 2.01. The monoisotopic (exact) mass is 298 g/mol. The summed E-state index contributed by atoms with van der Waals surface area (Å²) in [6.07, 6.45) is 0. The van der Waals surface area contributed by atoms with Crippen LogP contribution in [0, 0.1) is 6.92 Å². The van der Waals surface area contributed by atoms with Crippen molar-refractivity contribution < 1.29 is 19.1 Å². The number of benzene rings is 2. The van der Waals surface area contributed by atoms with Gasteiger partial charge in [0, 0.05) is 5.56 Å². The van der Waals surface area contributed by atoms with E-state index >= 15 is 0 Å². The molecule has 0 amide bonds. The van der Waals surface area contributed by atoms with E-state index in [9.17, 15) is 9.59 Å². The topological polar surface area (TPSA) is 52.6 Å². The van der Waals surface area contributed by atoms with Gasteiger partial charge in [-0.15, -0.1) is 0 Å². The predicted octanol–water partition coefficient (Wildman–Crippen LogP) is 3.43. The van der Waals surface area contributed by atoms with Crippen molar-refractivity contribution in [2.45, 2.75) is 13.8 Å². The van der Waals surface area contributed by atoms with Crippen molar-refractivity contribution in [3.63, 3.8) is 0 Å². The number of hydrogen-bond donors (Lipinski definition) is 0. The first-order valence-corrected chi connectivity index (χ1v) is 7.10. The number of carbonyl (C=O) groups excluding carboxylic acids is 2. The van der Waals surface area contributed by atoms with E-state index < -0.39 is 0 Å². The highest BCUT2D eigenvalue weighted by atomic mass is 16.5. The summed E-state index contributed by atoms with van der Waals surface area (Å²) in [5, 5.41) is 0. The summed E-state index contributed by atoms with van der Waals surface area (Å²) in [4.78, 5) is 23.6. The third-order valence-corrected chi connectivity index (χ3v) is 3.18. The summed E-state index contributed by atoms with van der Waals surface area (Å²) < 4.78 is 10.4. The van der Waals surface area contributed by atoms with E-state index in [0.29, 0.717) is 23.5 Å². The molecular weight excluding hydrogens is 280 g/mol. The van der Waals surface area contributed by atoms with Gasteiger partial charge in [-0.25, -0.2) is 4.79 Å². The van der Waals surface area contributed by atoms with Crippen LogP contribution in [-0.4, -0.2) is 25.0 Å². The zero-order valence-corrected chi connectivity index (χ0v) is 12.7. The minimum Gasteiger partial charge on any atom is -0.485 e. The minimum absolute atomic E-state index is 0.0381. The quantitative estimate of drug-likeness (QED) is 0.605. The second-order valence-electron chi connectivity index (χ2n) is 4.77. The molecule has 4 heteroatoms. The van der Waals surface area contributed by atoms with Gasteiger partial charge in [0.1, 0.15) is 5.75 Å². The SMILES string of the molecule is CCOC(=O)c1ccc(OCC(=O)c2ccccc2C)cc1. The van der Waals surface area contributed by atoms with Crippen molar-refractivity contribution in [1.82, 2.24) is 0 Å². The highest BCUT2D eigenvalue weighted by Gasteiger charge is 2.10. The molecule has 0 heterocycles. The molecule has 2 aromatic carbocycles. The Morgan fingerprint density at radius 3 is 2.32 bits per heavy atom. The molecule has 114 valence electrons. The molecule has 0 radical (unpaired) electrons. The van der Waals surface area contributed by atoms with E-state index in [2.05, 4.69) is 0 Å². The van der Waals surface area contributed by atoms with Crippen LogP contribution in [0.2, 0.25) is 0 Å². The van der Waals surface area contributed by atoms with Crippen LogP contribution in [0.1, 0.15) is 33.2 Å². The lowest BCUT2D eigenvalue weighted by Crippen LogP contribution is -2.13. The second-order valence-corrected chi connectivity index (χ2v) is 4.77. The van der Waals surface area contributed by atoms with Gasteiger partial charge in [-0.2, -0.15) is 0 Å². The maximum Gasteiger partial charge on any atom is 0.338 e. The lowest BCUT2D eigenvalue weighted by molar-refractivity contribution is 0.0526. The number of hydrogen-bond acceptors (Lipinski definition) is 4. The van der Waals surface area contributed by atoms with Crippen LogP contribution in [0.3, 0.4) is 0 Å². The van der Waals surface area contributed by atoms with Crippen molar-refractivity contribution in [2.75, 3.05) is 13.2 Å². The molecule has 4 nitrogen and oxygen atoms in total. The Kier molecular flexibility index (Phi) is 5.31. The highest BCUT2D eigenvalue weighted by molar-refractivity contribution is 5.98. The Hall–Kier alpha value is -2.62. The number of aryl methyl sites for hydroxylation is 1. The molecule has 0 saturated carbocycles. The normalized spacial score (nSPS) is 10.1. The largest absolute Gasteiger partial charge is 0.485 e. The van der Waals surface area contributed by atoms with Crippen molar-refractivity contribution in [3.05, 3.63) is 65.2 Å². The average molecular weight is 298 g/mol. The van der Waals surface area contributed by atoms with Crippen LogP contribution in [0.15, 0.2) is 48.5 Å². The summed E-state index contributed by atoms with van der Waals surface area (Å²) in [5.74, 6) is 0.0904. The van der Waals surface area contributed by atoms with E-state index in [1.54, 1.807) is 37.3 Å². The molecule has 0 bridgehead atoms. The lowest BCUT2D eigenvalue weighted by Gasteiger charge is -2.08. The van der Waals surface area contributed by atoms with Gasteiger partial charge in [-0.1, -0.05) is 24.3 Å². The number of rotatable bonds is 6. The second kappa shape index (κ2) is 7.41. The Bertz CT molecular complexity index is 659. The number of ether oxygens (including phenoxy) is 2. The Morgan fingerprint density at radius 1 is 1.00 bits per heavy atom. The highest BCUT2D eigenvalue weighted by Crippen LogP contribution is 2.14. The zero-order chi connectivity index (χ0) is 15.9. The van der Waals surface area contributed by atoms with Gasteiger partial charge in [0.15, 0.2) is 12.4 Å². The first kappa shape index (κ1) is 15.8. The summed E-state index contributed by atoms with van der Waals surface area (Å²) in [5.41, 5.74) is 2.04. The summed E-state index contributed by atoms with van der Waals surface area (Å²) in [6.45, 7) is 3.94. The van der Waals surface area contributed by atoms with Gasteiger partial charge in [-0.05, 0) is 43.7 Å². The van der Waals surface area contributed by atoms with Gasteiger partial charge in [0.05, 0.1) is 12.2 Å². The van der Waals surface area contributed by atoms with E-state index in [1.165, 1.54) is 0 Å². The first-order chi connectivity index (χ1) is 10.6. The van der Waals surface area contributed by atoms with Gasteiger partial charge >= 0.3 is 5.97 Å². The molecule has 2 aromatic rings. The minimum atomic E-state index is -0.370. The lowest BCUT2D eigenvalue weighted by atomic mass is 10.1. The van der Waals surface area contributed by atoms with Crippen LogP contribution < -0.4 is 4.74 Å². The van der Waals surface area contributed by atoms with E-state index in [4.69, 9.17) is 9.47 Å². The van der Waals surface area contributed by atoms with Crippen molar-refractivity contribution in [3.8, 4) is 5.75 Å². The van der Waals surface area contributed by atoms with Crippen LogP contribution in [0.5, 0.6) is 5.75 Å². The third kappa shape index (κ3) is 3.95. The Morgan fingerprint density at radius 2 is 1.68 bits per heavy atom. The van der Waals surface area contributed by atoms with Gasteiger partial charge < -0.3 is 9.47 Å². The molecule has 2 rings (SSSR count). The van der Waals surface area contributed by atoms with Crippen LogP contribution in [0.25, 0.3) is 0 Å². The number of Topliss-reactive ketones (excluding diaryl/α,β-unsaturated/α-hetero) is 1. The molecule has 0 atom stereocenters. The maximum absolute atomic E-state index is 12.1. The number of ketones is 1. The van der Waals surface area contributed by atoms with E-state index in [1.807, 2.05) is 25.1 Å². The molecule has 0 N–H and O–H groups in total. The summed E-state index contributed by atoms with van der Waals surface area (Å²) in [7, 11) is 0. The molecule has 0 aliphatic rings. The van der Waals surface area contributed by atoms with E-state index in [0.717, 1.165) is 5.56 Å². The fourth-order valence-electron chi connectivity index (χ4n) is 2.01. The number of carbonyl (C=O) groups is 2. The molecular formula is C18H18O4. The van der Waals surface area contributed by atoms with Crippen molar-refractivity contribution >= 4 is 11.8 Å². The molecule has 0 aliphatic heterocycles. The molecule has 0 unspecified atom stereocenters. The molecule has 0 fully saturated rings. The van der Waals surface area contributed by atoms with Crippen LogP contribution in [0.4, 0.5) is 0 Å². The first-order valence-electron chi connectivity index (χ1n) is 7.10. The molecule has 0 saturated heterocycles. The van der Waals surface area contributed by atoms with Crippen molar-refractivity contribution in [2.24, 2.45) is 0 Å². The zero-order valence-electron chi connectivity index (χ0n) is 12.7. The predicted molar refractivity (Wildman–Crippen MR) is 83.4 cm³/mol. The van der Waals surface area contributed by atoms with Gasteiger partial charge in [0.25, 0.3) is 0 Å². The Balaban J connectivity index is 1.96. The third-order valence-electron chi connectivity index (χ3n) is 3.18. The van der Waals surface area contributed by atoms with Crippen LogP contribution >= 0.6 is 0 Å². The maximum atomic E-state index is 12.1. The van der Waals surface area contributed by atoms with Crippen molar-refractivity contribution in [1.29, 1.82) is 0 Å². The smallest absolute Gasteiger partial charge is 0.338 e. The fraction of sp³-hybridized carbons (Fsp3) is 0.222. The van der Waals surface area contributed by atoms with E-state index in [-0.39, 0.29) is 18.4 Å². The van der Waals surface area contributed by atoms with Crippen LogP contribution in [-0.2, 0) is 4.74 Å². The molecule has 0 aliphatic carbocycles. The average Bonchev–Trinajstić information content (AvgIpc) is 2.54. The standard InChI is InChI=1S/C18H18O4/c1-3-21-18(20)14-8-10-15(11-9-14)22-12-17(19)16-7-5-4-6-13(16)2/h4-11H,3,12H2,1-2H3. The van der Waals surface area contributed by atoms with Gasteiger partial charge in [0.2, 0.25) is 0 Å². The summed E-state index contributed by atoms with van der Waals surface area (Å²) >= 11 is 0. The molecule has 22 heavy (non-hydrogen) atoms. The summed E-state index contributed by atoms with van der Waals surface area (Å²) in [6, 6.07) is 13.9. The van der Waals surface area contributed by atoms with Gasteiger partial charge in [-0.3, -0.25) is 4.79 Å². The Labute approximate surface area is 129 Å². The molecule has 0 aromatic heterocycles. The number of esters is 1.